The second kappa shape index (κ2) is 8.24. The first kappa shape index (κ1) is 18.2. The lowest BCUT2D eigenvalue weighted by Crippen LogP contribution is -2.30. The van der Waals surface area contributed by atoms with Crippen molar-refractivity contribution < 1.29 is 9.47 Å². The van der Waals surface area contributed by atoms with Gasteiger partial charge in [-0.3, -0.25) is 4.90 Å². The fraction of sp³-hybridized carbons (Fsp3) is 0.316. The van der Waals surface area contributed by atoms with Crippen molar-refractivity contribution in [3.8, 4) is 16.7 Å². The second-order valence-electron chi connectivity index (χ2n) is 6.16. The summed E-state index contributed by atoms with van der Waals surface area (Å²) >= 11 is 3.16. The van der Waals surface area contributed by atoms with E-state index in [1.54, 1.807) is 30.2 Å². The lowest BCUT2D eigenvalue weighted by atomic mass is 10.1. The molecular weight excluding hydrogens is 380 g/mol. The molecule has 3 aromatic rings. The van der Waals surface area contributed by atoms with E-state index in [1.165, 1.54) is 16.1 Å². The standard InChI is InChI=1S/C19H20N4O2S2/c1-24-14-3-5-15(6-4-14)25-19-21-10-16(27-19)12-23-8-7-17-13(11-23)9-20-18(22-17)26-2/h3-6,9-10H,7-8,11-12H2,1-2H3. The Labute approximate surface area is 166 Å². The fourth-order valence-corrected chi connectivity index (χ4v) is 4.14. The van der Waals surface area contributed by atoms with Crippen LogP contribution in [0.2, 0.25) is 0 Å². The molecule has 1 aromatic carbocycles. The molecule has 0 saturated carbocycles. The number of ether oxygens (including phenoxy) is 2. The molecule has 0 aliphatic carbocycles. The van der Waals surface area contributed by atoms with Gasteiger partial charge in [-0.15, -0.1) is 0 Å². The van der Waals surface area contributed by atoms with Crippen LogP contribution in [-0.2, 0) is 19.5 Å². The zero-order valence-electron chi connectivity index (χ0n) is 15.2. The number of hydrogen-bond donors (Lipinski definition) is 0. The summed E-state index contributed by atoms with van der Waals surface area (Å²) in [6.07, 6.45) is 6.82. The third-order valence-corrected chi connectivity index (χ3v) is 5.77. The van der Waals surface area contributed by atoms with Crippen molar-refractivity contribution in [1.82, 2.24) is 19.9 Å². The van der Waals surface area contributed by atoms with Crippen LogP contribution in [-0.4, -0.2) is 39.8 Å². The summed E-state index contributed by atoms with van der Waals surface area (Å²) in [5.41, 5.74) is 2.40. The van der Waals surface area contributed by atoms with Gasteiger partial charge < -0.3 is 9.47 Å². The molecule has 0 fully saturated rings. The maximum atomic E-state index is 5.84. The highest BCUT2D eigenvalue weighted by Gasteiger charge is 2.19. The van der Waals surface area contributed by atoms with Gasteiger partial charge in [0.25, 0.3) is 5.19 Å². The molecule has 6 nitrogen and oxygen atoms in total. The molecule has 8 heteroatoms. The van der Waals surface area contributed by atoms with Crippen molar-refractivity contribution >= 4 is 23.1 Å². The van der Waals surface area contributed by atoms with Gasteiger partial charge in [-0.05, 0) is 30.5 Å². The van der Waals surface area contributed by atoms with Crippen LogP contribution in [0.15, 0.2) is 41.8 Å². The average Bonchev–Trinajstić information content (AvgIpc) is 3.15. The number of hydrogen-bond acceptors (Lipinski definition) is 8. The Bertz CT molecular complexity index is 914. The number of fused-ring (bicyclic) bond motifs is 1. The molecule has 0 amide bonds. The Balaban J connectivity index is 1.37. The molecule has 0 unspecified atom stereocenters. The minimum Gasteiger partial charge on any atom is -0.497 e. The van der Waals surface area contributed by atoms with E-state index in [-0.39, 0.29) is 0 Å². The Morgan fingerprint density at radius 3 is 2.74 bits per heavy atom. The summed E-state index contributed by atoms with van der Waals surface area (Å²) in [5, 5.41) is 1.51. The quantitative estimate of drug-likeness (QED) is 0.457. The minimum atomic E-state index is 0.653. The van der Waals surface area contributed by atoms with E-state index >= 15 is 0 Å². The number of methoxy groups -OCH3 is 1. The number of aromatic nitrogens is 3. The number of thioether (sulfide) groups is 1. The third kappa shape index (κ3) is 4.40. The average molecular weight is 401 g/mol. The van der Waals surface area contributed by atoms with E-state index in [4.69, 9.17) is 9.47 Å². The van der Waals surface area contributed by atoms with E-state index in [0.717, 1.165) is 42.7 Å². The first-order valence-corrected chi connectivity index (χ1v) is 10.7. The lowest BCUT2D eigenvalue weighted by Gasteiger charge is -2.27. The maximum absolute atomic E-state index is 5.84. The van der Waals surface area contributed by atoms with E-state index < -0.39 is 0 Å². The van der Waals surface area contributed by atoms with Crippen molar-refractivity contribution in [3.05, 3.63) is 52.8 Å². The summed E-state index contributed by atoms with van der Waals surface area (Å²) < 4.78 is 11.0. The Kier molecular flexibility index (Phi) is 5.56. The normalized spacial score (nSPS) is 14.0. The van der Waals surface area contributed by atoms with Crippen LogP contribution in [0.25, 0.3) is 0 Å². The SMILES string of the molecule is COc1ccc(Oc2ncc(CN3CCc4nc(SC)ncc4C3)s2)cc1. The number of thiazole rings is 1. The highest BCUT2D eigenvalue weighted by Crippen LogP contribution is 2.29. The van der Waals surface area contributed by atoms with Gasteiger partial charge in [0.05, 0.1) is 12.8 Å². The first-order chi connectivity index (χ1) is 13.2. The predicted octanol–water partition coefficient (Wildman–Crippen LogP) is 4.01. The molecule has 0 radical (unpaired) electrons. The van der Waals surface area contributed by atoms with Gasteiger partial charge in [-0.2, -0.15) is 0 Å². The van der Waals surface area contributed by atoms with Gasteiger partial charge in [0.1, 0.15) is 11.5 Å². The van der Waals surface area contributed by atoms with E-state index in [0.29, 0.717) is 5.19 Å². The van der Waals surface area contributed by atoms with Gasteiger partial charge in [0.2, 0.25) is 0 Å². The zero-order chi connectivity index (χ0) is 18.6. The molecule has 0 spiro atoms. The summed E-state index contributed by atoms with van der Waals surface area (Å²) in [6, 6.07) is 7.51. The van der Waals surface area contributed by atoms with Gasteiger partial charge >= 0.3 is 0 Å². The number of rotatable bonds is 6. The minimum absolute atomic E-state index is 0.653. The van der Waals surface area contributed by atoms with Gasteiger partial charge in [-0.1, -0.05) is 23.1 Å². The van der Waals surface area contributed by atoms with Crippen LogP contribution in [0.5, 0.6) is 16.7 Å². The molecule has 0 N–H and O–H groups in total. The third-order valence-electron chi connectivity index (χ3n) is 4.35. The van der Waals surface area contributed by atoms with Crippen molar-refractivity contribution in [2.75, 3.05) is 19.9 Å². The van der Waals surface area contributed by atoms with Crippen LogP contribution in [0.1, 0.15) is 16.1 Å². The largest absolute Gasteiger partial charge is 0.497 e. The lowest BCUT2D eigenvalue weighted by molar-refractivity contribution is 0.244. The molecule has 4 rings (SSSR count). The molecule has 27 heavy (non-hydrogen) atoms. The monoisotopic (exact) mass is 400 g/mol. The van der Waals surface area contributed by atoms with Crippen LogP contribution in [0.3, 0.4) is 0 Å². The molecule has 0 atom stereocenters. The summed E-state index contributed by atoms with van der Waals surface area (Å²) in [5.74, 6) is 1.56. The van der Waals surface area contributed by atoms with Crippen LogP contribution >= 0.6 is 23.1 Å². The molecule has 0 saturated heterocycles. The van der Waals surface area contributed by atoms with Crippen LogP contribution in [0.4, 0.5) is 0 Å². The molecule has 2 aromatic heterocycles. The molecule has 0 bridgehead atoms. The highest BCUT2D eigenvalue weighted by atomic mass is 32.2. The molecule has 140 valence electrons. The van der Waals surface area contributed by atoms with Gasteiger partial charge in [0, 0.05) is 48.9 Å². The van der Waals surface area contributed by atoms with Crippen molar-refractivity contribution in [3.63, 3.8) is 0 Å². The summed E-state index contributed by atoms with van der Waals surface area (Å²) in [6.45, 7) is 2.72. The van der Waals surface area contributed by atoms with E-state index in [2.05, 4.69) is 19.9 Å². The number of benzene rings is 1. The fourth-order valence-electron chi connectivity index (χ4n) is 2.96. The highest BCUT2D eigenvalue weighted by molar-refractivity contribution is 7.98. The number of nitrogens with zero attached hydrogens (tertiary/aromatic N) is 4. The predicted molar refractivity (Wildman–Crippen MR) is 107 cm³/mol. The van der Waals surface area contributed by atoms with Crippen molar-refractivity contribution in [2.45, 2.75) is 24.7 Å². The van der Waals surface area contributed by atoms with E-state index in [1.807, 2.05) is 42.9 Å². The van der Waals surface area contributed by atoms with Crippen LogP contribution in [0, 0.1) is 0 Å². The second-order valence-corrected chi connectivity index (χ2v) is 8.01. The van der Waals surface area contributed by atoms with Crippen molar-refractivity contribution in [2.24, 2.45) is 0 Å². The zero-order valence-corrected chi connectivity index (χ0v) is 16.8. The first-order valence-electron chi connectivity index (χ1n) is 8.61. The molecule has 1 aliphatic heterocycles. The van der Waals surface area contributed by atoms with Gasteiger partial charge in [0.15, 0.2) is 5.16 Å². The Morgan fingerprint density at radius 1 is 1.15 bits per heavy atom. The Morgan fingerprint density at radius 2 is 1.96 bits per heavy atom. The Hall–Kier alpha value is -2.16. The molecular formula is C19H20N4O2S2. The van der Waals surface area contributed by atoms with E-state index in [9.17, 15) is 0 Å². The topological polar surface area (TPSA) is 60.4 Å². The summed E-state index contributed by atoms with van der Waals surface area (Å²) in [4.78, 5) is 17.0. The maximum Gasteiger partial charge on any atom is 0.278 e. The van der Waals surface area contributed by atoms with Crippen molar-refractivity contribution in [1.29, 1.82) is 0 Å². The van der Waals surface area contributed by atoms with Crippen LogP contribution < -0.4 is 9.47 Å². The van der Waals surface area contributed by atoms with Gasteiger partial charge in [-0.25, -0.2) is 15.0 Å². The molecule has 1 aliphatic rings. The smallest absolute Gasteiger partial charge is 0.278 e. The molecule has 3 heterocycles. The summed E-state index contributed by atoms with van der Waals surface area (Å²) in [7, 11) is 1.65.